The summed E-state index contributed by atoms with van der Waals surface area (Å²) in [6, 6.07) is 18.0. The Morgan fingerprint density at radius 2 is 1.79 bits per heavy atom. The molecule has 6 rings (SSSR count). The zero-order valence-electron chi connectivity index (χ0n) is 24.0. The molecule has 12 nitrogen and oxygen atoms in total. The lowest BCUT2D eigenvalue weighted by Crippen LogP contribution is -2.39. The number of nitrogens with one attached hydrogen (secondary N) is 2. The fourth-order valence-corrected chi connectivity index (χ4v) is 5.14. The van der Waals surface area contributed by atoms with Crippen molar-refractivity contribution in [1.29, 1.82) is 0 Å². The predicted molar refractivity (Wildman–Crippen MR) is 160 cm³/mol. The minimum atomic E-state index is -0.551. The van der Waals surface area contributed by atoms with E-state index in [0.29, 0.717) is 46.5 Å². The van der Waals surface area contributed by atoms with Gasteiger partial charge in [-0.15, -0.1) is 0 Å². The van der Waals surface area contributed by atoms with Crippen LogP contribution in [0.1, 0.15) is 54.8 Å². The molecule has 5 heterocycles. The molecule has 43 heavy (non-hydrogen) atoms. The van der Waals surface area contributed by atoms with Gasteiger partial charge in [-0.05, 0) is 50.1 Å². The minimum absolute atomic E-state index is 0.0198. The Balaban J connectivity index is 1.35. The molecule has 1 amide bonds. The van der Waals surface area contributed by atoms with Gasteiger partial charge in [0.15, 0.2) is 0 Å². The molecular formula is C31H31N9O3. The van der Waals surface area contributed by atoms with E-state index in [2.05, 4.69) is 30.7 Å². The fourth-order valence-electron chi connectivity index (χ4n) is 5.14. The third-order valence-electron chi connectivity index (χ3n) is 7.35. The second-order valence-electron chi connectivity index (χ2n) is 10.6. The average molecular weight is 578 g/mol. The lowest BCUT2D eigenvalue weighted by atomic mass is 9.99. The van der Waals surface area contributed by atoms with Crippen molar-refractivity contribution in [3.8, 4) is 23.0 Å². The number of aliphatic hydroxyl groups is 1. The smallest absolute Gasteiger partial charge is 0.263 e. The first-order valence-electron chi connectivity index (χ1n) is 14.0. The number of carbonyl (C=O) groups is 1. The highest BCUT2D eigenvalue weighted by Crippen LogP contribution is 2.38. The molecule has 0 fully saturated rings. The number of fused-ring (bicyclic) bond motifs is 1. The van der Waals surface area contributed by atoms with Gasteiger partial charge in [0.25, 0.3) is 11.8 Å². The van der Waals surface area contributed by atoms with Gasteiger partial charge in [0, 0.05) is 18.9 Å². The number of benzene rings is 1. The first kappa shape index (κ1) is 27.9. The van der Waals surface area contributed by atoms with Crippen LogP contribution in [0.5, 0.6) is 0 Å². The zero-order chi connectivity index (χ0) is 30.0. The molecule has 218 valence electrons. The van der Waals surface area contributed by atoms with Crippen LogP contribution in [-0.2, 0) is 5.54 Å². The van der Waals surface area contributed by atoms with Crippen molar-refractivity contribution in [2.24, 2.45) is 0 Å². The van der Waals surface area contributed by atoms with Crippen molar-refractivity contribution in [3.63, 3.8) is 0 Å². The molecule has 12 heteroatoms. The number of hydrogen-bond donors (Lipinski definition) is 3. The number of carbonyl (C=O) groups excluding carboxylic acids is 1. The highest BCUT2D eigenvalue weighted by atomic mass is 16.5. The number of anilines is 3. The minimum Gasteiger partial charge on any atom is -0.394 e. The number of aliphatic hydroxyl groups excluding tert-OH is 1. The van der Waals surface area contributed by atoms with Gasteiger partial charge >= 0.3 is 0 Å². The topological polar surface area (TPSA) is 155 Å². The maximum atomic E-state index is 13.0. The number of aromatic nitrogens is 6. The van der Waals surface area contributed by atoms with E-state index >= 15 is 0 Å². The van der Waals surface area contributed by atoms with E-state index in [9.17, 15) is 9.90 Å². The maximum absolute atomic E-state index is 13.0. The molecule has 0 spiro atoms. The fraction of sp³-hybridized carbons (Fsp3) is 0.258. The van der Waals surface area contributed by atoms with E-state index in [4.69, 9.17) is 14.5 Å². The van der Waals surface area contributed by atoms with E-state index in [0.717, 1.165) is 12.0 Å². The van der Waals surface area contributed by atoms with E-state index in [1.54, 1.807) is 36.7 Å². The Labute approximate surface area is 248 Å². The maximum Gasteiger partial charge on any atom is 0.263 e. The van der Waals surface area contributed by atoms with Crippen molar-refractivity contribution < 1.29 is 14.4 Å². The highest BCUT2D eigenvalue weighted by Gasteiger charge is 2.44. The third-order valence-corrected chi connectivity index (χ3v) is 7.35. The van der Waals surface area contributed by atoms with Gasteiger partial charge in [0.05, 0.1) is 29.4 Å². The van der Waals surface area contributed by atoms with Crippen molar-refractivity contribution in [2.75, 3.05) is 23.8 Å². The summed E-state index contributed by atoms with van der Waals surface area (Å²) in [6.45, 7) is 6.50. The summed E-state index contributed by atoms with van der Waals surface area (Å²) in [5.41, 5.74) is 2.61. The third kappa shape index (κ3) is 5.40. The van der Waals surface area contributed by atoms with Crippen molar-refractivity contribution in [3.05, 3.63) is 89.9 Å². The largest absolute Gasteiger partial charge is 0.394 e. The monoisotopic (exact) mass is 577 g/mol. The quantitative estimate of drug-likeness (QED) is 0.206. The molecule has 1 atom stereocenters. The Bertz CT molecular complexity index is 1740. The van der Waals surface area contributed by atoms with Crippen LogP contribution in [0.15, 0.2) is 77.6 Å². The van der Waals surface area contributed by atoms with Crippen LogP contribution in [0.3, 0.4) is 0 Å². The van der Waals surface area contributed by atoms with E-state index in [1.165, 1.54) is 0 Å². The van der Waals surface area contributed by atoms with E-state index in [1.807, 2.05) is 62.1 Å². The standard InChI is InChI=1S/C31H31N9O3/c1-4-16-40-29(42)20-13-14-24(35-25(20)31(40,2)3)36-30-33-17-21(28-37-27(39-43-28)22-12-8-9-15-32-22)26(38-30)34-23(18-41)19-10-6-5-7-11-19/h5-15,17,23,41H,4,16,18H2,1-3H3,(H2,33,34,35,36,38)/t23-/m1/s1. The molecular weight excluding hydrogens is 546 g/mol. The molecule has 4 aromatic heterocycles. The predicted octanol–water partition coefficient (Wildman–Crippen LogP) is 4.97. The first-order valence-corrected chi connectivity index (χ1v) is 14.0. The van der Waals surface area contributed by atoms with Gasteiger partial charge in [0.1, 0.15) is 22.9 Å². The molecule has 1 aliphatic rings. The summed E-state index contributed by atoms with van der Waals surface area (Å²) in [7, 11) is 0. The summed E-state index contributed by atoms with van der Waals surface area (Å²) < 4.78 is 5.59. The van der Waals surface area contributed by atoms with E-state index in [-0.39, 0.29) is 24.4 Å². The Kier molecular flexibility index (Phi) is 7.51. The number of nitrogens with zero attached hydrogens (tertiary/aromatic N) is 7. The summed E-state index contributed by atoms with van der Waals surface area (Å²) in [5.74, 6) is 1.60. The first-order chi connectivity index (χ1) is 20.9. The number of pyridine rings is 2. The molecule has 3 N–H and O–H groups in total. The number of rotatable bonds is 10. The summed E-state index contributed by atoms with van der Waals surface area (Å²) in [4.78, 5) is 37.7. The van der Waals surface area contributed by atoms with Crippen LogP contribution in [0.2, 0.25) is 0 Å². The van der Waals surface area contributed by atoms with E-state index < -0.39 is 11.6 Å². The molecule has 1 aliphatic heterocycles. The van der Waals surface area contributed by atoms with Gasteiger partial charge in [-0.3, -0.25) is 9.78 Å². The van der Waals surface area contributed by atoms with Crippen LogP contribution in [0.25, 0.3) is 23.0 Å². The lowest BCUT2D eigenvalue weighted by Gasteiger charge is -2.31. The van der Waals surface area contributed by atoms with Crippen molar-refractivity contribution >= 4 is 23.5 Å². The Hall–Kier alpha value is -5.23. The average Bonchev–Trinajstić information content (AvgIpc) is 3.59. The zero-order valence-corrected chi connectivity index (χ0v) is 24.0. The Morgan fingerprint density at radius 3 is 2.53 bits per heavy atom. The molecule has 0 radical (unpaired) electrons. The van der Waals surface area contributed by atoms with Crippen molar-refractivity contribution in [2.45, 2.75) is 38.8 Å². The molecule has 5 aromatic rings. The van der Waals surface area contributed by atoms with Crippen LogP contribution in [0, 0.1) is 0 Å². The highest BCUT2D eigenvalue weighted by molar-refractivity contribution is 5.99. The Morgan fingerprint density at radius 1 is 0.977 bits per heavy atom. The SMILES string of the molecule is CCCN1C(=O)c2ccc(Nc3ncc(-c4nc(-c5ccccn5)no4)c(N[C@H](CO)c4ccccc4)n3)nc2C1(C)C. The van der Waals surface area contributed by atoms with Gasteiger partial charge < -0.3 is 25.2 Å². The van der Waals surface area contributed by atoms with Gasteiger partial charge in [-0.1, -0.05) is 48.5 Å². The van der Waals surface area contributed by atoms with Gasteiger partial charge in [-0.2, -0.15) is 9.97 Å². The normalized spacial score (nSPS) is 14.4. The summed E-state index contributed by atoms with van der Waals surface area (Å²) >= 11 is 0. The summed E-state index contributed by atoms with van der Waals surface area (Å²) in [6.07, 6.45) is 4.07. The van der Waals surface area contributed by atoms with Crippen LogP contribution >= 0.6 is 0 Å². The molecule has 0 unspecified atom stereocenters. The second kappa shape index (κ2) is 11.6. The molecule has 1 aromatic carbocycles. The van der Waals surface area contributed by atoms with Gasteiger partial charge in [0.2, 0.25) is 11.8 Å². The molecule has 0 bridgehead atoms. The van der Waals surface area contributed by atoms with Crippen LogP contribution in [0.4, 0.5) is 17.6 Å². The van der Waals surface area contributed by atoms with Crippen LogP contribution < -0.4 is 10.6 Å². The van der Waals surface area contributed by atoms with Crippen LogP contribution in [-0.4, -0.2) is 59.1 Å². The number of amides is 1. The molecule has 0 aliphatic carbocycles. The lowest BCUT2D eigenvalue weighted by molar-refractivity contribution is 0.0615. The molecule has 0 saturated carbocycles. The molecule has 0 saturated heterocycles. The van der Waals surface area contributed by atoms with Gasteiger partial charge in [-0.25, -0.2) is 9.97 Å². The number of hydrogen-bond acceptors (Lipinski definition) is 11. The second-order valence-corrected chi connectivity index (χ2v) is 10.6. The summed E-state index contributed by atoms with van der Waals surface area (Å²) in [5, 5.41) is 20.8. The van der Waals surface area contributed by atoms with Crippen molar-refractivity contribution in [1.82, 2.24) is 35.0 Å².